The fourth-order valence-electron chi connectivity index (χ4n) is 3.40. The lowest BCUT2D eigenvalue weighted by Crippen LogP contribution is -2.18. The van der Waals surface area contributed by atoms with E-state index in [1.54, 1.807) is 36.5 Å². The maximum atomic E-state index is 13.9. The van der Waals surface area contributed by atoms with E-state index >= 15 is 0 Å². The van der Waals surface area contributed by atoms with E-state index in [0.29, 0.717) is 16.8 Å². The molecule has 1 N–H and O–H groups in total. The van der Waals surface area contributed by atoms with Crippen molar-refractivity contribution in [3.8, 4) is 11.3 Å². The van der Waals surface area contributed by atoms with Crippen LogP contribution < -0.4 is 5.32 Å². The van der Waals surface area contributed by atoms with Gasteiger partial charge in [0.1, 0.15) is 17.8 Å². The summed E-state index contributed by atoms with van der Waals surface area (Å²) >= 11 is 0. The number of nitro groups is 1. The number of benzene rings is 2. The van der Waals surface area contributed by atoms with Crippen LogP contribution in [0.15, 0.2) is 73.2 Å². The minimum atomic E-state index is -0.541. The molecule has 3 aromatic heterocycles. The second-order valence-corrected chi connectivity index (χ2v) is 7.25. The molecule has 3 heterocycles. The molecule has 0 aliphatic heterocycles. The highest BCUT2D eigenvalue weighted by molar-refractivity contribution is 6.03. The molecule has 5 aromatic rings. The van der Waals surface area contributed by atoms with Gasteiger partial charge in [-0.25, -0.2) is 9.37 Å². The third-order valence-corrected chi connectivity index (χ3v) is 5.01. The minimum Gasteiger partial charge on any atom is -0.304 e. The Morgan fingerprint density at radius 3 is 2.79 bits per heavy atom. The zero-order chi connectivity index (χ0) is 23.7. The molecule has 0 spiro atoms. The van der Waals surface area contributed by atoms with Gasteiger partial charge >= 0.3 is 0 Å². The number of amides is 1. The molecule has 12 heteroatoms. The number of aromatic nitrogens is 6. The van der Waals surface area contributed by atoms with Crippen molar-refractivity contribution < 1.29 is 14.1 Å². The van der Waals surface area contributed by atoms with E-state index in [1.165, 1.54) is 45.9 Å². The zero-order valence-corrected chi connectivity index (χ0v) is 17.4. The fourth-order valence-corrected chi connectivity index (χ4v) is 3.40. The lowest BCUT2D eigenvalue weighted by atomic mass is 10.1. The summed E-state index contributed by atoms with van der Waals surface area (Å²) in [6.07, 6.45) is 2.87. The third kappa shape index (κ3) is 4.07. The van der Waals surface area contributed by atoms with Gasteiger partial charge in [0.15, 0.2) is 5.82 Å². The van der Waals surface area contributed by atoms with E-state index in [1.807, 2.05) is 0 Å². The number of halogens is 1. The predicted molar refractivity (Wildman–Crippen MR) is 119 cm³/mol. The number of hydrogen-bond acceptors (Lipinski definition) is 7. The van der Waals surface area contributed by atoms with Crippen molar-refractivity contribution in [3.63, 3.8) is 0 Å². The van der Waals surface area contributed by atoms with Crippen LogP contribution in [0.1, 0.15) is 16.1 Å². The van der Waals surface area contributed by atoms with Crippen LogP contribution in [-0.4, -0.2) is 40.2 Å². The van der Waals surface area contributed by atoms with E-state index < -0.39 is 10.8 Å². The number of hydrogen-bond donors (Lipinski definition) is 1. The number of nitrogens with one attached hydrogen (secondary N) is 1. The quantitative estimate of drug-likeness (QED) is 0.305. The van der Waals surface area contributed by atoms with Gasteiger partial charge in [0, 0.05) is 35.5 Å². The van der Waals surface area contributed by atoms with Crippen LogP contribution in [0.5, 0.6) is 0 Å². The highest BCUT2D eigenvalue weighted by atomic mass is 19.1. The molecule has 0 fully saturated rings. The standard InChI is InChI=1S/C22H15FN8O3/c23-17-7-2-1-4-15(17)12-29-9-8-20(28-29)27-21(32)19-11-18(26-22-24-13-25-30(19)22)14-5-3-6-16(10-14)31(33)34/h1-11,13H,12H2,(H,27,28,32). The highest BCUT2D eigenvalue weighted by Crippen LogP contribution is 2.24. The van der Waals surface area contributed by atoms with Gasteiger partial charge in [-0.1, -0.05) is 30.3 Å². The summed E-state index contributed by atoms with van der Waals surface area (Å²) in [6, 6.07) is 15.3. The number of carbonyl (C=O) groups excluding carboxylic acids is 1. The molecule has 0 bridgehead atoms. The largest absolute Gasteiger partial charge is 0.304 e. The first kappa shape index (κ1) is 20.9. The van der Waals surface area contributed by atoms with E-state index in [0.717, 1.165) is 0 Å². The van der Waals surface area contributed by atoms with Gasteiger partial charge in [0.25, 0.3) is 17.4 Å². The van der Waals surface area contributed by atoms with Gasteiger partial charge in [-0.3, -0.25) is 19.6 Å². The van der Waals surface area contributed by atoms with Gasteiger partial charge in [0.2, 0.25) is 0 Å². The van der Waals surface area contributed by atoms with Crippen molar-refractivity contribution in [3.05, 3.63) is 100 Å². The van der Waals surface area contributed by atoms with Crippen molar-refractivity contribution in [1.82, 2.24) is 29.4 Å². The van der Waals surface area contributed by atoms with Gasteiger partial charge in [0.05, 0.1) is 17.2 Å². The van der Waals surface area contributed by atoms with Crippen LogP contribution in [0.3, 0.4) is 0 Å². The van der Waals surface area contributed by atoms with Crippen molar-refractivity contribution in [2.45, 2.75) is 6.54 Å². The smallest absolute Gasteiger partial charge is 0.275 e. The maximum absolute atomic E-state index is 13.9. The first-order valence-corrected chi connectivity index (χ1v) is 10.0. The molecule has 0 aliphatic carbocycles. The Hall–Kier alpha value is -5.00. The van der Waals surface area contributed by atoms with E-state index in [9.17, 15) is 19.3 Å². The summed E-state index contributed by atoms with van der Waals surface area (Å²) in [5.41, 5.74) is 1.23. The molecule has 5 rings (SSSR count). The summed E-state index contributed by atoms with van der Waals surface area (Å²) in [6.45, 7) is 0.196. The summed E-state index contributed by atoms with van der Waals surface area (Å²) in [7, 11) is 0. The normalized spacial score (nSPS) is 11.0. The molecule has 0 atom stereocenters. The number of nitrogens with zero attached hydrogens (tertiary/aromatic N) is 7. The molecule has 34 heavy (non-hydrogen) atoms. The van der Waals surface area contributed by atoms with Crippen LogP contribution in [0, 0.1) is 15.9 Å². The van der Waals surface area contributed by atoms with E-state index in [4.69, 9.17) is 0 Å². The second kappa shape index (κ2) is 8.50. The minimum absolute atomic E-state index is 0.104. The Labute approximate surface area is 190 Å². The molecular weight excluding hydrogens is 443 g/mol. The van der Waals surface area contributed by atoms with Gasteiger partial charge in [-0.2, -0.15) is 19.7 Å². The number of rotatable bonds is 6. The summed E-state index contributed by atoms with van der Waals surface area (Å²) in [5, 5.41) is 22.1. The van der Waals surface area contributed by atoms with Crippen LogP contribution in [-0.2, 0) is 6.54 Å². The number of anilines is 1. The Kier molecular flexibility index (Phi) is 5.22. The first-order valence-electron chi connectivity index (χ1n) is 10.0. The Bertz CT molecular complexity index is 1540. The number of nitro benzene ring substituents is 1. The number of fused-ring (bicyclic) bond motifs is 1. The molecular formula is C22H15FN8O3. The topological polar surface area (TPSA) is 133 Å². The van der Waals surface area contributed by atoms with Gasteiger partial charge < -0.3 is 5.32 Å². The van der Waals surface area contributed by atoms with Crippen molar-refractivity contribution in [2.75, 3.05) is 5.32 Å². The average molecular weight is 458 g/mol. The highest BCUT2D eigenvalue weighted by Gasteiger charge is 2.18. The van der Waals surface area contributed by atoms with Crippen molar-refractivity contribution in [1.29, 1.82) is 0 Å². The first-order chi connectivity index (χ1) is 16.5. The maximum Gasteiger partial charge on any atom is 0.275 e. The Morgan fingerprint density at radius 2 is 1.97 bits per heavy atom. The SMILES string of the molecule is O=C(Nc1ccn(Cc2ccccc2F)n1)c1cc(-c2cccc([N+](=O)[O-])c2)nc2ncnn12. The molecule has 0 radical (unpaired) electrons. The number of carbonyl (C=O) groups is 1. The molecule has 0 unspecified atom stereocenters. The lowest BCUT2D eigenvalue weighted by molar-refractivity contribution is -0.384. The van der Waals surface area contributed by atoms with Gasteiger partial charge in [-0.15, -0.1) is 0 Å². The Morgan fingerprint density at radius 1 is 1.12 bits per heavy atom. The van der Waals surface area contributed by atoms with Crippen molar-refractivity contribution in [2.24, 2.45) is 0 Å². The molecule has 0 aliphatic rings. The van der Waals surface area contributed by atoms with E-state index in [2.05, 4.69) is 25.5 Å². The second-order valence-electron chi connectivity index (χ2n) is 7.25. The zero-order valence-electron chi connectivity index (χ0n) is 17.4. The summed E-state index contributed by atoms with van der Waals surface area (Å²) < 4.78 is 16.7. The summed E-state index contributed by atoms with van der Waals surface area (Å²) in [5.74, 6) is -0.481. The summed E-state index contributed by atoms with van der Waals surface area (Å²) in [4.78, 5) is 32.1. The van der Waals surface area contributed by atoms with Crippen LogP contribution in [0.2, 0.25) is 0 Å². The molecule has 0 saturated carbocycles. The average Bonchev–Trinajstić information content (AvgIpc) is 3.49. The molecule has 168 valence electrons. The Balaban J connectivity index is 1.43. The van der Waals surface area contributed by atoms with E-state index in [-0.39, 0.29) is 35.3 Å². The third-order valence-electron chi connectivity index (χ3n) is 5.01. The fraction of sp³-hybridized carbons (Fsp3) is 0.0455. The lowest BCUT2D eigenvalue weighted by Gasteiger charge is -2.07. The molecule has 1 amide bonds. The van der Waals surface area contributed by atoms with Crippen LogP contribution >= 0.6 is 0 Å². The molecule has 11 nitrogen and oxygen atoms in total. The van der Waals surface area contributed by atoms with Crippen LogP contribution in [0.25, 0.3) is 17.0 Å². The number of non-ortho nitro benzene ring substituents is 1. The predicted octanol–water partition coefficient (Wildman–Crippen LogP) is 3.34. The molecule has 0 saturated heterocycles. The van der Waals surface area contributed by atoms with Crippen LogP contribution in [0.4, 0.5) is 15.9 Å². The van der Waals surface area contributed by atoms with Gasteiger partial charge in [-0.05, 0) is 12.1 Å². The van der Waals surface area contributed by atoms with Crippen molar-refractivity contribution >= 4 is 23.2 Å². The molecule has 2 aromatic carbocycles. The monoisotopic (exact) mass is 458 g/mol.